The molecule has 0 saturated carbocycles. The first-order chi connectivity index (χ1) is 8.40. The smallest absolute Gasteiger partial charge is 0.319 e. The van der Waals surface area contributed by atoms with Crippen molar-refractivity contribution in [3.63, 3.8) is 0 Å². The fourth-order valence-corrected chi connectivity index (χ4v) is 1.01. The van der Waals surface area contributed by atoms with Gasteiger partial charge in [0.25, 0.3) is 0 Å². The van der Waals surface area contributed by atoms with Crippen LogP contribution >= 0.6 is 0 Å². The van der Waals surface area contributed by atoms with Gasteiger partial charge in [0.2, 0.25) is 0 Å². The molecule has 12 nitrogen and oxygen atoms in total. The van der Waals surface area contributed by atoms with E-state index in [9.17, 15) is 19.2 Å². The van der Waals surface area contributed by atoms with Crippen LogP contribution in [0, 0.1) is 0 Å². The molecule has 0 bridgehead atoms. The maximum absolute atomic E-state index is 9.90. The topological polar surface area (TPSA) is 142 Å². The number of hydrogen-bond acceptors (Lipinski definition) is 12. The molecule has 4 aliphatic rings. The Morgan fingerprint density at radius 1 is 0.444 bits per heavy atom. The highest BCUT2D eigenvalue weighted by Gasteiger charge is 2.68. The molecule has 96 valence electrons. The fraction of sp³-hybridized carbons (Fsp3) is 0.333. The van der Waals surface area contributed by atoms with Crippen LogP contribution in [-0.4, -0.2) is 36.9 Å². The Morgan fingerprint density at radius 2 is 0.611 bits per heavy atom. The molecule has 0 unspecified atom stereocenters. The number of ether oxygens (including phenoxy) is 8. The molecule has 2 spiro atoms. The average molecular weight is 264 g/mol. The van der Waals surface area contributed by atoms with Crippen LogP contribution in [0.2, 0.25) is 0 Å². The van der Waals surface area contributed by atoms with Gasteiger partial charge in [0.05, 0.1) is 0 Å². The van der Waals surface area contributed by atoms with Crippen LogP contribution < -0.4 is 0 Å². The Balaban J connectivity index is 0.000000111. The van der Waals surface area contributed by atoms with E-state index in [1.165, 1.54) is 0 Å². The molecule has 4 saturated heterocycles. The zero-order valence-corrected chi connectivity index (χ0v) is 7.90. The number of hydrogen-bond donors (Lipinski definition) is 0. The molecule has 0 atom stereocenters. The molecule has 18 heavy (non-hydrogen) atoms. The van der Waals surface area contributed by atoms with Gasteiger partial charge in [-0.3, -0.25) is 0 Å². The first-order valence-electron chi connectivity index (χ1n) is 4.08. The molecule has 0 aliphatic carbocycles. The molecule has 0 amide bonds. The Kier molecular flexibility index (Phi) is 1.62. The lowest BCUT2D eigenvalue weighted by atomic mass is 10.8. The predicted octanol–water partition coefficient (Wildman–Crippen LogP) is -0.137. The van der Waals surface area contributed by atoms with Crippen LogP contribution in [0.5, 0.6) is 0 Å². The molecule has 12 heteroatoms. The van der Waals surface area contributed by atoms with Gasteiger partial charge in [0.15, 0.2) is 0 Å². The Hall–Kier alpha value is -2.92. The van der Waals surface area contributed by atoms with Crippen LogP contribution in [0.4, 0.5) is 19.2 Å². The third-order valence-corrected chi connectivity index (χ3v) is 1.67. The van der Waals surface area contributed by atoms with E-state index in [2.05, 4.69) is 37.9 Å². The van der Waals surface area contributed by atoms with Crippen molar-refractivity contribution in [1.29, 1.82) is 0 Å². The zero-order valence-electron chi connectivity index (χ0n) is 7.90. The van der Waals surface area contributed by atoms with Crippen LogP contribution in [-0.2, 0) is 37.9 Å². The summed E-state index contributed by atoms with van der Waals surface area (Å²) in [6.07, 6.45) is -7.28. The highest BCUT2D eigenvalue weighted by atomic mass is 17.2. The molecular formula is C6O12. The predicted molar refractivity (Wildman–Crippen MR) is 35.7 cm³/mol. The normalized spacial score (nSPS) is 26.2. The maximum atomic E-state index is 9.90. The van der Waals surface area contributed by atoms with Gasteiger partial charge in [0, 0.05) is 0 Å². The lowest BCUT2D eigenvalue weighted by Crippen LogP contribution is -2.63. The van der Waals surface area contributed by atoms with E-state index in [0.29, 0.717) is 0 Å². The number of carbonyl (C=O) groups excluding carboxylic acids is 4. The van der Waals surface area contributed by atoms with Crippen molar-refractivity contribution in [3.8, 4) is 0 Å². The van der Waals surface area contributed by atoms with Gasteiger partial charge in [-0.05, 0) is 0 Å². The quantitative estimate of drug-likeness (QED) is 0.537. The Labute approximate surface area is 95.1 Å². The summed E-state index contributed by atoms with van der Waals surface area (Å²) in [6, 6.07) is 0. The van der Waals surface area contributed by atoms with Gasteiger partial charge in [-0.15, -0.1) is 0 Å². The Morgan fingerprint density at radius 3 is 0.722 bits per heavy atom. The van der Waals surface area contributed by atoms with E-state index in [1.807, 2.05) is 0 Å². The van der Waals surface area contributed by atoms with Crippen molar-refractivity contribution in [2.75, 3.05) is 0 Å². The minimum Gasteiger partial charge on any atom is -0.319 e. The van der Waals surface area contributed by atoms with E-state index in [-0.39, 0.29) is 0 Å². The monoisotopic (exact) mass is 264 g/mol. The van der Waals surface area contributed by atoms with Gasteiger partial charge < -0.3 is 37.9 Å². The van der Waals surface area contributed by atoms with Gasteiger partial charge >= 0.3 is 36.9 Å². The van der Waals surface area contributed by atoms with Crippen molar-refractivity contribution >= 4 is 24.6 Å². The third-order valence-electron chi connectivity index (χ3n) is 1.67. The molecule has 4 fully saturated rings. The molecule has 0 aromatic heterocycles. The molecule has 0 radical (unpaired) electrons. The van der Waals surface area contributed by atoms with Crippen molar-refractivity contribution in [1.82, 2.24) is 0 Å². The van der Waals surface area contributed by atoms with Crippen LogP contribution in [0.25, 0.3) is 0 Å². The van der Waals surface area contributed by atoms with Gasteiger partial charge in [0.1, 0.15) is 0 Å². The number of carbonyl (C=O) groups is 4. The summed E-state index contributed by atoms with van der Waals surface area (Å²) in [5.74, 6) is 0. The highest BCUT2D eigenvalue weighted by molar-refractivity contribution is 5.72. The minimum absolute atomic E-state index is 0.914. The maximum Gasteiger partial charge on any atom is 0.629 e. The third kappa shape index (κ3) is 1.39. The van der Waals surface area contributed by atoms with E-state index in [4.69, 9.17) is 0 Å². The minimum atomic E-state index is -1.81. The lowest BCUT2D eigenvalue weighted by Gasteiger charge is -2.39. The van der Waals surface area contributed by atoms with E-state index in [0.717, 1.165) is 0 Å². The second kappa shape index (κ2) is 2.85. The van der Waals surface area contributed by atoms with E-state index >= 15 is 0 Å². The molecule has 4 heterocycles. The van der Waals surface area contributed by atoms with E-state index in [1.54, 1.807) is 0 Å². The van der Waals surface area contributed by atoms with Gasteiger partial charge in [-0.25, -0.2) is 19.2 Å². The van der Waals surface area contributed by atoms with Gasteiger partial charge in [-0.1, -0.05) is 0 Å². The number of rotatable bonds is 0. The van der Waals surface area contributed by atoms with Crippen molar-refractivity contribution in [3.05, 3.63) is 0 Å². The first kappa shape index (κ1) is 10.2. The van der Waals surface area contributed by atoms with Crippen LogP contribution in [0.1, 0.15) is 0 Å². The van der Waals surface area contributed by atoms with Crippen molar-refractivity contribution in [2.45, 2.75) is 12.3 Å². The summed E-state index contributed by atoms with van der Waals surface area (Å²) in [7, 11) is 0. The molecular weight excluding hydrogens is 264 g/mol. The lowest BCUT2D eigenvalue weighted by molar-refractivity contribution is -0.537. The summed E-state index contributed by atoms with van der Waals surface area (Å²) < 4.78 is 32.9. The molecule has 0 aromatic carbocycles. The standard InChI is InChI=1S/2C3O6/c2*4-1-6-3(7-1)8-2(5)9-3. The summed E-state index contributed by atoms with van der Waals surface area (Å²) in [6.45, 7) is 0. The first-order valence-corrected chi connectivity index (χ1v) is 4.08. The second-order valence-corrected chi connectivity index (χ2v) is 2.82. The van der Waals surface area contributed by atoms with Crippen molar-refractivity contribution in [2.24, 2.45) is 0 Å². The summed E-state index contributed by atoms with van der Waals surface area (Å²) in [5.41, 5.74) is 0. The molecule has 4 aliphatic heterocycles. The average Bonchev–Trinajstić information content (AvgIpc) is 2.09. The van der Waals surface area contributed by atoms with Gasteiger partial charge in [-0.2, -0.15) is 0 Å². The summed E-state index contributed by atoms with van der Waals surface area (Å²) in [5, 5.41) is 0. The fourth-order valence-electron chi connectivity index (χ4n) is 1.01. The molecule has 4 rings (SSSR count). The second-order valence-electron chi connectivity index (χ2n) is 2.82. The molecule has 0 N–H and O–H groups in total. The van der Waals surface area contributed by atoms with Crippen LogP contribution in [0.3, 0.4) is 0 Å². The highest BCUT2D eigenvalue weighted by Crippen LogP contribution is 2.36. The van der Waals surface area contributed by atoms with Crippen molar-refractivity contribution < 1.29 is 57.1 Å². The summed E-state index contributed by atoms with van der Waals surface area (Å²) in [4.78, 5) is 39.6. The summed E-state index contributed by atoms with van der Waals surface area (Å²) >= 11 is 0. The SMILES string of the molecule is O=C1OC2(O1)OC(=O)O2.O=C1OC2(O1)OC(=O)O2. The van der Waals surface area contributed by atoms with E-state index < -0.39 is 36.9 Å². The van der Waals surface area contributed by atoms with Crippen LogP contribution in [0.15, 0.2) is 0 Å². The Bertz CT molecular complexity index is 350. The molecule has 0 aromatic rings. The zero-order chi connectivity index (χ0) is 13.0. The largest absolute Gasteiger partial charge is 0.629 e.